The number of fused-ring (bicyclic) bond motifs is 3. The summed E-state index contributed by atoms with van der Waals surface area (Å²) in [6.07, 6.45) is 5.28. The fraction of sp³-hybridized carbons (Fsp3) is 0.458. The van der Waals surface area contributed by atoms with Gasteiger partial charge in [0.25, 0.3) is 0 Å². The van der Waals surface area contributed by atoms with Crippen LogP contribution in [0.25, 0.3) is 0 Å². The number of benzene rings is 1. The first kappa shape index (κ1) is 18.9. The number of carbonyl (C=O) groups is 1. The quantitative estimate of drug-likeness (QED) is 0.580. The standard InChI is InChI=1S/C24H28N2O2/c1-15-19-11-10-16-13-25-22(23(2,3)4)26-21(16)24(19,12-17(14-27)20(15)28)18-8-6-5-7-9-18/h5-9,13-15,19,27H,10-12H2,1-4H3/b17-14-/t15-,19-,24+/m0/s1. The molecule has 146 valence electrons. The van der Waals surface area contributed by atoms with Gasteiger partial charge in [0.1, 0.15) is 5.82 Å². The number of carbonyl (C=O) groups excluding carboxylic acids is 1. The maximum atomic E-state index is 12.9. The highest BCUT2D eigenvalue weighted by Gasteiger charge is 2.54. The van der Waals surface area contributed by atoms with Crippen molar-refractivity contribution in [3.8, 4) is 0 Å². The van der Waals surface area contributed by atoms with Crippen molar-refractivity contribution in [2.45, 2.75) is 57.8 Å². The van der Waals surface area contributed by atoms with Crippen LogP contribution in [0.2, 0.25) is 0 Å². The second-order valence-corrected chi connectivity index (χ2v) is 9.28. The summed E-state index contributed by atoms with van der Waals surface area (Å²) in [6.45, 7) is 8.37. The van der Waals surface area contributed by atoms with Crippen molar-refractivity contribution in [2.75, 3.05) is 0 Å². The van der Waals surface area contributed by atoms with Crippen LogP contribution < -0.4 is 0 Å². The highest BCUT2D eigenvalue weighted by atomic mass is 16.2. The van der Waals surface area contributed by atoms with Crippen LogP contribution in [-0.2, 0) is 22.0 Å². The summed E-state index contributed by atoms with van der Waals surface area (Å²) >= 11 is 0. The lowest BCUT2D eigenvalue weighted by Crippen LogP contribution is -2.51. The molecule has 4 rings (SSSR count). The van der Waals surface area contributed by atoms with Gasteiger partial charge in [-0.15, -0.1) is 0 Å². The molecule has 0 radical (unpaired) electrons. The summed E-state index contributed by atoms with van der Waals surface area (Å²) in [5, 5.41) is 9.85. The molecule has 0 saturated heterocycles. The highest BCUT2D eigenvalue weighted by Crippen LogP contribution is 2.55. The van der Waals surface area contributed by atoms with Gasteiger partial charge in [-0.2, -0.15) is 0 Å². The zero-order valence-corrected chi connectivity index (χ0v) is 17.1. The molecule has 1 heterocycles. The second-order valence-electron chi connectivity index (χ2n) is 9.28. The summed E-state index contributed by atoms with van der Waals surface area (Å²) in [5.41, 5.74) is 3.28. The number of nitrogens with zero attached hydrogens (tertiary/aromatic N) is 2. The van der Waals surface area contributed by atoms with E-state index in [1.54, 1.807) is 0 Å². The SMILES string of the molecule is C[C@@H]1C(=O)/C(=C\O)C[C@]2(c3ccccc3)c3nc(C(C)(C)C)ncc3CC[C@@H]12. The minimum atomic E-state index is -0.417. The zero-order chi connectivity index (χ0) is 20.1. The van der Waals surface area contributed by atoms with Gasteiger partial charge in [0.05, 0.1) is 12.0 Å². The molecule has 0 unspecified atom stereocenters. The molecule has 28 heavy (non-hydrogen) atoms. The minimum absolute atomic E-state index is 0.0626. The van der Waals surface area contributed by atoms with Crippen LogP contribution in [0, 0.1) is 11.8 Å². The van der Waals surface area contributed by atoms with Crippen LogP contribution in [0.3, 0.4) is 0 Å². The molecule has 0 amide bonds. The van der Waals surface area contributed by atoms with Gasteiger partial charge in [0, 0.05) is 28.5 Å². The van der Waals surface area contributed by atoms with Gasteiger partial charge in [-0.3, -0.25) is 4.79 Å². The number of Topliss-reactive ketones (excluding diaryl/α,β-unsaturated/α-hetero) is 1. The third-order valence-electron chi connectivity index (χ3n) is 6.56. The monoisotopic (exact) mass is 376 g/mol. The summed E-state index contributed by atoms with van der Waals surface area (Å²) in [6, 6.07) is 10.4. The molecule has 4 nitrogen and oxygen atoms in total. The first-order chi connectivity index (χ1) is 13.3. The average Bonchev–Trinajstić information content (AvgIpc) is 2.70. The molecular weight excluding hydrogens is 348 g/mol. The molecule has 1 saturated carbocycles. The molecule has 2 aliphatic carbocycles. The first-order valence-corrected chi connectivity index (χ1v) is 10.1. The smallest absolute Gasteiger partial charge is 0.165 e. The predicted octanol–water partition coefficient (Wildman–Crippen LogP) is 4.67. The Morgan fingerprint density at radius 3 is 2.57 bits per heavy atom. The van der Waals surface area contributed by atoms with E-state index in [1.807, 2.05) is 31.3 Å². The molecule has 1 aromatic heterocycles. The van der Waals surface area contributed by atoms with Crippen molar-refractivity contribution in [3.05, 3.63) is 71.0 Å². The lowest BCUT2D eigenvalue weighted by atomic mass is 9.52. The molecule has 0 bridgehead atoms. The predicted molar refractivity (Wildman–Crippen MR) is 109 cm³/mol. The number of aliphatic hydroxyl groups excluding tert-OH is 1. The summed E-state index contributed by atoms with van der Waals surface area (Å²) in [5.74, 6) is 0.878. The molecule has 1 aromatic carbocycles. The molecule has 4 heteroatoms. The van der Waals surface area contributed by atoms with E-state index in [0.717, 1.165) is 36.2 Å². The molecule has 1 N–H and O–H groups in total. The van der Waals surface area contributed by atoms with Crippen LogP contribution >= 0.6 is 0 Å². The number of hydrogen-bond acceptors (Lipinski definition) is 4. The van der Waals surface area contributed by atoms with Gasteiger partial charge >= 0.3 is 0 Å². The number of aryl methyl sites for hydroxylation is 1. The van der Waals surface area contributed by atoms with E-state index in [2.05, 4.69) is 37.9 Å². The molecule has 0 spiro atoms. The Morgan fingerprint density at radius 2 is 1.93 bits per heavy atom. The highest BCUT2D eigenvalue weighted by molar-refractivity contribution is 5.98. The van der Waals surface area contributed by atoms with Gasteiger partial charge < -0.3 is 5.11 Å². The number of aliphatic hydroxyl groups is 1. The first-order valence-electron chi connectivity index (χ1n) is 10.1. The normalized spacial score (nSPS) is 28.7. The fourth-order valence-electron chi connectivity index (χ4n) is 5.12. The number of aromatic nitrogens is 2. The average molecular weight is 377 g/mol. The molecular formula is C24H28N2O2. The summed E-state index contributed by atoms with van der Waals surface area (Å²) in [4.78, 5) is 22.6. The third kappa shape index (κ3) is 2.69. The van der Waals surface area contributed by atoms with Crippen LogP contribution in [0.15, 0.2) is 48.4 Å². The van der Waals surface area contributed by atoms with Crippen molar-refractivity contribution in [3.63, 3.8) is 0 Å². The zero-order valence-electron chi connectivity index (χ0n) is 17.1. The van der Waals surface area contributed by atoms with Crippen molar-refractivity contribution in [1.29, 1.82) is 0 Å². The Hall–Kier alpha value is -2.49. The Bertz CT molecular complexity index is 943. The molecule has 2 aliphatic rings. The van der Waals surface area contributed by atoms with Crippen LogP contribution in [0.1, 0.15) is 63.2 Å². The van der Waals surface area contributed by atoms with E-state index in [4.69, 9.17) is 4.98 Å². The Balaban J connectivity index is 2.03. The van der Waals surface area contributed by atoms with E-state index in [-0.39, 0.29) is 23.0 Å². The van der Waals surface area contributed by atoms with Gasteiger partial charge in [0.15, 0.2) is 5.78 Å². The maximum absolute atomic E-state index is 12.9. The number of hydrogen-bond donors (Lipinski definition) is 1. The largest absolute Gasteiger partial charge is 0.515 e. The summed E-state index contributed by atoms with van der Waals surface area (Å²) in [7, 11) is 0. The van der Waals surface area contributed by atoms with E-state index < -0.39 is 5.41 Å². The number of rotatable bonds is 1. The molecule has 3 atom stereocenters. The van der Waals surface area contributed by atoms with Crippen LogP contribution in [0.4, 0.5) is 0 Å². The maximum Gasteiger partial charge on any atom is 0.165 e. The van der Waals surface area contributed by atoms with Crippen LogP contribution in [-0.4, -0.2) is 20.9 Å². The fourth-order valence-corrected chi connectivity index (χ4v) is 5.12. The van der Waals surface area contributed by atoms with Gasteiger partial charge in [-0.05, 0) is 36.3 Å². The lowest BCUT2D eigenvalue weighted by molar-refractivity contribution is -0.123. The van der Waals surface area contributed by atoms with Crippen LogP contribution in [0.5, 0.6) is 0 Å². The van der Waals surface area contributed by atoms with Gasteiger partial charge in [-0.1, -0.05) is 58.0 Å². The van der Waals surface area contributed by atoms with Crippen molar-refractivity contribution in [1.82, 2.24) is 9.97 Å². The van der Waals surface area contributed by atoms with Gasteiger partial charge in [-0.25, -0.2) is 9.97 Å². The van der Waals surface area contributed by atoms with E-state index >= 15 is 0 Å². The molecule has 2 aromatic rings. The van der Waals surface area contributed by atoms with Gasteiger partial charge in [0.2, 0.25) is 0 Å². The van der Waals surface area contributed by atoms with E-state index in [0.29, 0.717) is 12.0 Å². The van der Waals surface area contributed by atoms with E-state index in [9.17, 15) is 9.90 Å². The number of allylic oxidation sites excluding steroid dienone is 1. The van der Waals surface area contributed by atoms with Crippen molar-refractivity contribution >= 4 is 5.78 Å². The topological polar surface area (TPSA) is 63.1 Å². The Morgan fingerprint density at radius 1 is 1.21 bits per heavy atom. The third-order valence-corrected chi connectivity index (χ3v) is 6.56. The van der Waals surface area contributed by atoms with E-state index in [1.165, 1.54) is 5.56 Å². The van der Waals surface area contributed by atoms with Crippen molar-refractivity contribution < 1.29 is 9.90 Å². The molecule has 1 fully saturated rings. The van der Waals surface area contributed by atoms with Crippen molar-refractivity contribution in [2.24, 2.45) is 11.8 Å². The Kier molecular flexibility index (Phi) is 4.40. The molecule has 0 aliphatic heterocycles. The minimum Gasteiger partial charge on any atom is -0.515 e. The summed E-state index contributed by atoms with van der Waals surface area (Å²) < 4.78 is 0. The number of ketones is 1. The Labute approximate surface area is 166 Å². The second kappa shape index (κ2) is 6.54. The lowest BCUT2D eigenvalue weighted by Gasteiger charge is -2.50.